The molecule has 16 heteroatoms. The fraction of sp³-hybridized carbons (Fsp3) is 0.500. The van der Waals surface area contributed by atoms with Crippen LogP contribution in [0.4, 0.5) is 10.3 Å². The van der Waals surface area contributed by atoms with Crippen LogP contribution in [0.1, 0.15) is 33.9 Å². The predicted molar refractivity (Wildman–Crippen MR) is 147 cm³/mol. The summed E-state index contributed by atoms with van der Waals surface area (Å²) in [5.41, 5.74) is 3.88. The number of fused-ring (bicyclic) bond motifs is 1. The van der Waals surface area contributed by atoms with Gasteiger partial charge in [-0.2, -0.15) is 9.97 Å². The number of methoxy groups -OCH3 is 1. The van der Waals surface area contributed by atoms with Crippen LogP contribution in [0.15, 0.2) is 36.7 Å². The average Bonchev–Trinajstić information content (AvgIpc) is 3.40. The number of nitrogens with two attached hydrogens (primary N) is 1. The van der Waals surface area contributed by atoms with Crippen molar-refractivity contribution in [2.45, 2.75) is 63.9 Å². The Hall–Kier alpha value is -2.94. The van der Waals surface area contributed by atoms with Crippen molar-refractivity contribution in [3.63, 3.8) is 0 Å². The third-order valence-electron chi connectivity index (χ3n) is 6.00. The normalized spacial score (nSPS) is 25.1. The summed E-state index contributed by atoms with van der Waals surface area (Å²) >= 11 is 5.69. The van der Waals surface area contributed by atoms with E-state index < -0.39 is 42.8 Å². The Balaban J connectivity index is 1.56. The van der Waals surface area contributed by atoms with E-state index in [1.165, 1.54) is 24.9 Å². The highest BCUT2D eigenvalue weighted by molar-refractivity contribution is 8.09. The van der Waals surface area contributed by atoms with Crippen molar-refractivity contribution >= 4 is 41.5 Å². The van der Waals surface area contributed by atoms with Crippen molar-refractivity contribution in [3.05, 3.63) is 36.7 Å². The molecule has 0 aliphatic carbocycles. The first-order valence-corrected chi connectivity index (χ1v) is 15.0. The quantitative estimate of drug-likeness (QED) is 0.218. The minimum absolute atomic E-state index is 0.107. The standard InChI is InChI=1S/C24H32FN6O7PS/c1-13(2)36-21(33)14(3)30-39(40,38-15-9-7-6-8-10-15)35-11-16-18(32)24(4,25)22(37-16)31-12-27-17-19(31)28-23(26)29-20(17)34-5/h6-10,12-14,16,18,22,32H,11H2,1-5H3,(H,30,40)(H2,26,28,29)/t14?,16-,18-,22?,24-,39?/m1/s1. The van der Waals surface area contributed by atoms with Crippen molar-refractivity contribution < 1.29 is 37.5 Å². The van der Waals surface area contributed by atoms with Crippen LogP contribution in [0.2, 0.25) is 0 Å². The molecule has 1 aliphatic heterocycles. The van der Waals surface area contributed by atoms with Crippen molar-refractivity contribution in [1.82, 2.24) is 24.6 Å². The maximum atomic E-state index is 16.0. The van der Waals surface area contributed by atoms with Crippen LogP contribution in [-0.2, 0) is 30.6 Å². The first-order chi connectivity index (χ1) is 18.8. The molecular formula is C24H32FN6O7PS. The molecule has 2 aromatic heterocycles. The Morgan fingerprint density at radius 3 is 2.67 bits per heavy atom. The molecule has 0 amide bonds. The van der Waals surface area contributed by atoms with Crippen LogP contribution < -0.4 is 20.1 Å². The topological polar surface area (TPSA) is 165 Å². The fourth-order valence-electron chi connectivity index (χ4n) is 4.08. The molecule has 1 saturated heterocycles. The van der Waals surface area contributed by atoms with Gasteiger partial charge in [-0.1, -0.05) is 18.2 Å². The highest BCUT2D eigenvalue weighted by Crippen LogP contribution is 2.48. The molecule has 1 fully saturated rings. The Morgan fingerprint density at radius 2 is 2.02 bits per heavy atom. The number of halogens is 1. The molecule has 0 radical (unpaired) electrons. The van der Waals surface area contributed by atoms with Crippen molar-refractivity contribution in [2.24, 2.45) is 0 Å². The summed E-state index contributed by atoms with van der Waals surface area (Å²) in [6, 6.07) is 7.74. The molecule has 40 heavy (non-hydrogen) atoms. The average molecular weight is 599 g/mol. The third-order valence-corrected chi connectivity index (χ3v) is 8.50. The van der Waals surface area contributed by atoms with Gasteiger partial charge in [-0.05, 0) is 51.6 Å². The van der Waals surface area contributed by atoms with Gasteiger partial charge in [0.15, 0.2) is 23.1 Å². The highest BCUT2D eigenvalue weighted by Gasteiger charge is 2.56. The number of carbonyl (C=O) groups excluding carboxylic acids is 1. The summed E-state index contributed by atoms with van der Waals surface area (Å²) in [6.45, 7) is 2.37. The van der Waals surface area contributed by atoms with Crippen molar-refractivity contribution in [3.8, 4) is 11.6 Å². The Labute approximate surface area is 235 Å². The number of aliphatic hydroxyl groups is 1. The molecule has 0 saturated carbocycles. The molecule has 0 bridgehead atoms. The van der Waals surface area contributed by atoms with Crippen LogP contribution in [0.5, 0.6) is 11.6 Å². The number of hydrogen-bond acceptors (Lipinski definition) is 12. The summed E-state index contributed by atoms with van der Waals surface area (Å²) in [7, 11) is 1.39. The summed E-state index contributed by atoms with van der Waals surface area (Å²) < 4.78 is 45.6. The summed E-state index contributed by atoms with van der Waals surface area (Å²) in [4.78, 5) is 24.8. The number of ether oxygens (including phenoxy) is 3. The van der Waals surface area contributed by atoms with Gasteiger partial charge in [-0.25, -0.2) is 14.5 Å². The van der Waals surface area contributed by atoms with Crippen LogP contribution in [0.3, 0.4) is 0 Å². The Kier molecular flexibility index (Phi) is 8.93. The second kappa shape index (κ2) is 11.9. The number of imidazole rings is 1. The number of para-hydroxylation sites is 1. The number of nitrogen functional groups attached to an aromatic ring is 1. The number of nitrogens with zero attached hydrogens (tertiary/aromatic N) is 4. The molecule has 0 spiro atoms. The summed E-state index contributed by atoms with van der Waals surface area (Å²) in [5, 5.41) is 13.8. The van der Waals surface area contributed by atoms with Crippen LogP contribution in [-0.4, -0.2) is 74.3 Å². The number of benzene rings is 1. The number of nitrogens with one attached hydrogen (secondary N) is 1. The molecule has 3 aromatic rings. The number of aliphatic hydroxyl groups excluding tert-OH is 1. The second-order valence-corrected chi connectivity index (χ2v) is 12.7. The predicted octanol–water partition coefficient (Wildman–Crippen LogP) is 2.65. The lowest BCUT2D eigenvalue weighted by atomic mass is 9.98. The van der Waals surface area contributed by atoms with E-state index in [9.17, 15) is 9.90 Å². The van der Waals surface area contributed by atoms with E-state index in [4.69, 9.17) is 40.8 Å². The number of esters is 1. The van der Waals surface area contributed by atoms with Gasteiger partial charge in [0, 0.05) is 0 Å². The van der Waals surface area contributed by atoms with E-state index in [0.717, 1.165) is 0 Å². The summed E-state index contributed by atoms with van der Waals surface area (Å²) in [5.74, 6) is -0.170. The van der Waals surface area contributed by atoms with E-state index in [0.29, 0.717) is 5.75 Å². The van der Waals surface area contributed by atoms with Crippen LogP contribution >= 0.6 is 6.64 Å². The molecular weight excluding hydrogens is 566 g/mol. The molecule has 13 nitrogen and oxygen atoms in total. The van der Waals surface area contributed by atoms with Gasteiger partial charge >= 0.3 is 12.6 Å². The zero-order valence-electron chi connectivity index (χ0n) is 22.6. The van der Waals surface area contributed by atoms with Gasteiger partial charge in [0.25, 0.3) is 0 Å². The maximum absolute atomic E-state index is 16.0. The minimum atomic E-state index is -3.46. The fourth-order valence-corrected chi connectivity index (χ4v) is 6.49. The lowest BCUT2D eigenvalue weighted by molar-refractivity contribution is -0.149. The van der Waals surface area contributed by atoms with Gasteiger partial charge in [0.1, 0.15) is 24.0 Å². The Bertz CT molecular complexity index is 1390. The first kappa shape index (κ1) is 30.0. The molecule has 1 aromatic carbocycles. The zero-order valence-corrected chi connectivity index (χ0v) is 24.3. The number of carbonyl (C=O) groups is 1. The molecule has 4 N–H and O–H groups in total. The molecule has 218 valence electrons. The smallest absolute Gasteiger partial charge is 0.323 e. The number of hydrogen-bond donors (Lipinski definition) is 3. The lowest BCUT2D eigenvalue weighted by Gasteiger charge is -2.28. The van der Waals surface area contributed by atoms with Gasteiger partial charge < -0.3 is 34.1 Å². The van der Waals surface area contributed by atoms with Gasteiger partial charge in [0.05, 0.1) is 26.1 Å². The van der Waals surface area contributed by atoms with E-state index in [2.05, 4.69) is 20.0 Å². The van der Waals surface area contributed by atoms with Crippen molar-refractivity contribution in [2.75, 3.05) is 19.5 Å². The second-order valence-electron chi connectivity index (χ2n) is 9.57. The zero-order chi connectivity index (χ0) is 29.2. The molecule has 6 atom stereocenters. The van der Waals surface area contributed by atoms with E-state index in [-0.39, 0.29) is 35.7 Å². The number of rotatable bonds is 11. The molecule has 4 rings (SSSR count). The number of aromatic nitrogens is 4. The van der Waals surface area contributed by atoms with Gasteiger partial charge in [-0.3, -0.25) is 9.36 Å². The molecule has 3 unspecified atom stereocenters. The van der Waals surface area contributed by atoms with Crippen LogP contribution in [0.25, 0.3) is 11.2 Å². The van der Waals surface area contributed by atoms with E-state index in [1.54, 1.807) is 51.1 Å². The number of anilines is 1. The van der Waals surface area contributed by atoms with E-state index >= 15 is 4.39 Å². The highest BCUT2D eigenvalue weighted by atomic mass is 32.5. The monoisotopic (exact) mass is 598 g/mol. The van der Waals surface area contributed by atoms with Gasteiger partial charge in [-0.15, -0.1) is 0 Å². The van der Waals surface area contributed by atoms with Gasteiger partial charge in [0.2, 0.25) is 11.8 Å². The third kappa shape index (κ3) is 6.35. The SMILES string of the molecule is COc1nc(N)nc2c1ncn2C1O[C@H](COP(=S)(NC(C)C(=O)OC(C)C)Oc2ccccc2)[C@@H](O)[C@@]1(C)F. The molecule has 3 heterocycles. The largest absolute Gasteiger partial charge is 0.479 e. The first-order valence-electron chi connectivity index (χ1n) is 12.4. The lowest BCUT2D eigenvalue weighted by Crippen LogP contribution is -2.41. The minimum Gasteiger partial charge on any atom is -0.479 e. The van der Waals surface area contributed by atoms with Crippen molar-refractivity contribution in [1.29, 1.82) is 0 Å². The number of alkyl halides is 1. The summed E-state index contributed by atoms with van der Waals surface area (Å²) in [6.07, 6.45) is -3.22. The van der Waals surface area contributed by atoms with E-state index in [1.807, 2.05) is 0 Å². The molecule has 1 aliphatic rings. The maximum Gasteiger partial charge on any atom is 0.323 e. The Morgan fingerprint density at radius 1 is 1.32 bits per heavy atom. The van der Waals surface area contributed by atoms with Crippen LogP contribution in [0, 0.1) is 0 Å².